The summed E-state index contributed by atoms with van der Waals surface area (Å²) in [6, 6.07) is -1.61. The lowest BCUT2D eigenvalue weighted by atomic mass is 9.95. The highest BCUT2D eigenvalue weighted by Crippen LogP contribution is 2.20. The molecule has 3 unspecified atom stereocenters. The minimum Gasteiger partial charge on any atom is -0.480 e. The van der Waals surface area contributed by atoms with Crippen molar-refractivity contribution in [1.29, 1.82) is 0 Å². The molecule has 0 aliphatic carbocycles. The Bertz CT molecular complexity index is 445. The molecule has 6 nitrogen and oxygen atoms in total. The van der Waals surface area contributed by atoms with Crippen molar-refractivity contribution in [3.05, 3.63) is 0 Å². The lowest BCUT2D eigenvalue weighted by molar-refractivity contribution is -0.145. The number of alkyl halides is 2. The van der Waals surface area contributed by atoms with E-state index in [2.05, 4.69) is 5.32 Å². The van der Waals surface area contributed by atoms with E-state index in [9.17, 15) is 23.2 Å². The molecule has 2 N–H and O–H groups in total. The fourth-order valence-corrected chi connectivity index (χ4v) is 2.57. The molecule has 132 valence electrons. The van der Waals surface area contributed by atoms with E-state index >= 15 is 0 Å². The zero-order chi connectivity index (χ0) is 17.6. The molecule has 0 aromatic rings. The second kappa shape index (κ2) is 8.79. The molecule has 2 amide bonds. The maximum Gasteiger partial charge on any atom is 0.326 e. The number of hydrogen-bond acceptors (Lipinski definition) is 3. The quantitative estimate of drug-likeness (QED) is 0.739. The summed E-state index contributed by atoms with van der Waals surface area (Å²) in [6.07, 6.45) is -1.90. The monoisotopic (exact) mass is 334 g/mol. The molecule has 23 heavy (non-hydrogen) atoms. The van der Waals surface area contributed by atoms with Gasteiger partial charge in [-0.1, -0.05) is 13.8 Å². The van der Waals surface area contributed by atoms with Crippen molar-refractivity contribution in [3.63, 3.8) is 0 Å². The molecule has 0 bridgehead atoms. The third-order valence-corrected chi connectivity index (χ3v) is 4.17. The molecule has 1 aliphatic rings. The first-order valence-electron chi connectivity index (χ1n) is 7.86. The summed E-state index contributed by atoms with van der Waals surface area (Å²) >= 11 is 0. The topological polar surface area (TPSA) is 86.7 Å². The molecule has 0 saturated carbocycles. The zero-order valence-corrected chi connectivity index (χ0v) is 13.4. The summed E-state index contributed by atoms with van der Waals surface area (Å²) in [5, 5.41) is 11.1. The normalized spacial score (nSPS) is 20.9. The lowest BCUT2D eigenvalue weighted by Gasteiger charge is -2.34. The van der Waals surface area contributed by atoms with Crippen molar-refractivity contribution in [2.24, 2.45) is 11.8 Å². The number of carbonyl (C=O) groups excluding carboxylic acids is 2. The first-order chi connectivity index (χ1) is 10.8. The van der Waals surface area contributed by atoms with E-state index in [1.807, 2.05) is 13.8 Å². The van der Waals surface area contributed by atoms with Gasteiger partial charge in [-0.2, -0.15) is 0 Å². The Hall–Kier alpha value is -1.73. The number of nitrogens with one attached hydrogen (secondary N) is 1. The number of halogens is 2. The van der Waals surface area contributed by atoms with Gasteiger partial charge in [0.15, 0.2) is 0 Å². The van der Waals surface area contributed by atoms with Crippen LogP contribution in [0.4, 0.5) is 8.78 Å². The molecule has 1 aliphatic heterocycles. The first kappa shape index (κ1) is 19.3. The average Bonchev–Trinajstić information content (AvgIpc) is 2.52. The van der Waals surface area contributed by atoms with Crippen LogP contribution in [-0.4, -0.2) is 53.3 Å². The van der Waals surface area contributed by atoms with Crippen LogP contribution in [0.5, 0.6) is 0 Å². The fraction of sp³-hybridized carbons (Fsp3) is 0.800. The number of rotatable bonds is 7. The van der Waals surface area contributed by atoms with Crippen molar-refractivity contribution in [3.8, 4) is 0 Å². The summed E-state index contributed by atoms with van der Waals surface area (Å²) in [7, 11) is 0. The van der Waals surface area contributed by atoms with Crippen LogP contribution in [0, 0.1) is 11.8 Å². The Morgan fingerprint density at radius 1 is 1.35 bits per heavy atom. The van der Waals surface area contributed by atoms with Gasteiger partial charge >= 0.3 is 5.97 Å². The zero-order valence-electron chi connectivity index (χ0n) is 13.4. The molecule has 0 aromatic carbocycles. The van der Waals surface area contributed by atoms with Crippen molar-refractivity contribution in [1.82, 2.24) is 10.2 Å². The molecule has 0 spiro atoms. The van der Waals surface area contributed by atoms with Crippen LogP contribution in [0.1, 0.15) is 39.5 Å². The van der Waals surface area contributed by atoms with Gasteiger partial charge in [-0.05, 0) is 19.3 Å². The number of piperidine rings is 1. The Balaban J connectivity index is 2.64. The van der Waals surface area contributed by atoms with Gasteiger partial charge in [-0.15, -0.1) is 0 Å². The SMILES string of the molecule is CCC(C)C(=O)N1CCCC(C(=O)NC(CC(F)F)C(=O)O)C1. The number of aliphatic carboxylic acids is 1. The Morgan fingerprint density at radius 3 is 2.52 bits per heavy atom. The number of carbonyl (C=O) groups is 3. The van der Waals surface area contributed by atoms with Gasteiger partial charge in [0.2, 0.25) is 18.2 Å². The van der Waals surface area contributed by atoms with Gasteiger partial charge in [-0.25, -0.2) is 13.6 Å². The Kier molecular flexibility index (Phi) is 7.38. The highest BCUT2D eigenvalue weighted by molar-refractivity contribution is 5.86. The second-order valence-electron chi connectivity index (χ2n) is 5.96. The maximum absolute atomic E-state index is 12.4. The average molecular weight is 334 g/mol. The van der Waals surface area contributed by atoms with E-state index in [4.69, 9.17) is 5.11 Å². The van der Waals surface area contributed by atoms with Crippen molar-refractivity contribution < 1.29 is 28.3 Å². The van der Waals surface area contributed by atoms with Crippen LogP contribution in [0.25, 0.3) is 0 Å². The van der Waals surface area contributed by atoms with E-state index in [0.29, 0.717) is 25.8 Å². The molecule has 0 radical (unpaired) electrons. The minimum absolute atomic E-state index is 0.0348. The smallest absolute Gasteiger partial charge is 0.326 e. The van der Waals surface area contributed by atoms with E-state index in [0.717, 1.165) is 0 Å². The van der Waals surface area contributed by atoms with Crippen molar-refractivity contribution >= 4 is 17.8 Å². The minimum atomic E-state index is -2.81. The molecular formula is C15H24F2N2O4. The summed E-state index contributed by atoms with van der Waals surface area (Å²) in [6.45, 7) is 4.48. The summed E-state index contributed by atoms with van der Waals surface area (Å²) in [5.74, 6) is -2.80. The van der Waals surface area contributed by atoms with E-state index in [1.165, 1.54) is 0 Å². The predicted molar refractivity (Wildman–Crippen MR) is 78.9 cm³/mol. The molecule has 0 aromatic heterocycles. The Morgan fingerprint density at radius 2 is 2.00 bits per heavy atom. The van der Waals surface area contributed by atoms with E-state index < -0.39 is 36.7 Å². The molecule has 1 heterocycles. The number of hydrogen-bond donors (Lipinski definition) is 2. The highest BCUT2D eigenvalue weighted by Gasteiger charge is 2.32. The predicted octanol–water partition coefficient (Wildman–Crippen LogP) is 1.50. The maximum atomic E-state index is 12.4. The molecule has 8 heteroatoms. The third kappa shape index (κ3) is 5.76. The number of nitrogens with zero attached hydrogens (tertiary/aromatic N) is 1. The van der Waals surface area contributed by atoms with Gasteiger partial charge in [0.1, 0.15) is 6.04 Å². The van der Waals surface area contributed by atoms with Gasteiger partial charge in [0, 0.05) is 25.4 Å². The van der Waals surface area contributed by atoms with Crippen LogP contribution in [0.15, 0.2) is 0 Å². The van der Waals surface area contributed by atoms with E-state index in [-0.39, 0.29) is 18.4 Å². The molecule has 1 saturated heterocycles. The fourth-order valence-electron chi connectivity index (χ4n) is 2.57. The number of carboxylic acids is 1. The molecule has 3 atom stereocenters. The van der Waals surface area contributed by atoms with Crippen molar-refractivity contribution in [2.75, 3.05) is 13.1 Å². The first-order valence-corrected chi connectivity index (χ1v) is 7.86. The summed E-state index contributed by atoms with van der Waals surface area (Å²) in [5.41, 5.74) is 0. The van der Waals surface area contributed by atoms with Gasteiger partial charge in [0.05, 0.1) is 5.92 Å². The largest absolute Gasteiger partial charge is 0.480 e. The summed E-state index contributed by atoms with van der Waals surface area (Å²) in [4.78, 5) is 36.9. The number of carboxylic acid groups (broad SMARTS) is 1. The van der Waals surface area contributed by atoms with Crippen LogP contribution < -0.4 is 5.32 Å². The van der Waals surface area contributed by atoms with Crippen LogP contribution in [0.3, 0.4) is 0 Å². The third-order valence-electron chi connectivity index (χ3n) is 4.17. The van der Waals surface area contributed by atoms with Crippen molar-refractivity contribution in [2.45, 2.75) is 52.0 Å². The van der Waals surface area contributed by atoms with Gasteiger partial charge in [-0.3, -0.25) is 9.59 Å². The number of amides is 2. The Labute approximate surface area is 134 Å². The van der Waals surface area contributed by atoms with Gasteiger partial charge in [0.25, 0.3) is 0 Å². The standard InChI is InChI=1S/C15H24F2N2O4/c1-3-9(2)14(21)19-6-4-5-10(8-19)13(20)18-11(15(22)23)7-12(16)17/h9-12H,3-8H2,1-2H3,(H,18,20)(H,22,23). The molecule has 1 fully saturated rings. The summed E-state index contributed by atoms with van der Waals surface area (Å²) < 4.78 is 24.7. The molecule has 1 rings (SSSR count). The van der Waals surface area contributed by atoms with Gasteiger partial charge < -0.3 is 15.3 Å². The van der Waals surface area contributed by atoms with Crippen LogP contribution in [0.2, 0.25) is 0 Å². The highest BCUT2D eigenvalue weighted by atomic mass is 19.3. The second-order valence-corrected chi connectivity index (χ2v) is 5.96. The lowest BCUT2D eigenvalue weighted by Crippen LogP contribution is -2.50. The molecular weight excluding hydrogens is 310 g/mol. The van der Waals surface area contributed by atoms with Crippen LogP contribution >= 0.6 is 0 Å². The number of likely N-dealkylation sites (tertiary alicyclic amines) is 1. The van der Waals surface area contributed by atoms with Crippen LogP contribution in [-0.2, 0) is 14.4 Å². The van der Waals surface area contributed by atoms with E-state index in [1.54, 1.807) is 4.90 Å².